The maximum Gasteiger partial charge on any atom is 0.244 e. The minimum absolute atomic E-state index is 0. The molecule has 2 rings (SSSR count). The van der Waals surface area contributed by atoms with Crippen molar-refractivity contribution in [3.05, 3.63) is 35.9 Å². The normalized spacial score (nSPS) is 19.6. The second-order valence-corrected chi connectivity index (χ2v) is 7.02. The Kier molecular flexibility index (Phi) is 5.98. The number of halogens is 1. The fourth-order valence-electron chi connectivity index (χ4n) is 2.16. The summed E-state index contributed by atoms with van der Waals surface area (Å²) in [5.41, 5.74) is 6.70. The van der Waals surface area contributed by atoms with Crippen LogP contribution in [0.4, 0.5) is 0 Å². The molecular weight excluding hydrogens is 300 g/mol. The molecular formula is C13H19ClN2O3S. The lowest BCUT2D eigenvalue weighted by atomic mass is 10.1. The third-order valence-corrected chi connectivity index (χ3v) is 5.01. The van der Waals surface area contributed by atoms with E-state index in [0.717, 1.165) is 5.56 Å². The smallest absolute Gasteiger partial charge is 0.244 e. The Labute approximate surface area is 125 Å². The Hall–Kier alpha value is -1.11. The summed E-state index contributed by atoms with van der Waals surface area (Å²) < 4.78 is 23.0. The number of carbonyl (C=O) groups excluding carboxylic acids is 1. The maximum absolute atomic E-state index is 12.3. The summed E-state index contributed by atoms with van der Waals surface area (Å²) in [6.45, 7) is 0.695. The van der Waals surface area contributed by atoms with Crippen molar-refractivity contribution in [1.29, 1.82) is 0 Å². The number of hydrogen-bond donors (Lipinski definition) is 1. The number of hydrogen-bond acceptors (Lipinski definition) is 4. The first kappa shape index (κ1) is 16.9. The number of carbonyl (C=O) groups is 1. The summed E-state index contributed by atoms with van der Waals surface area (Å²) in [7, 11) is -3.01. The Balaban J connectivity index is 0.00000200. The zero-order valence-electron chi connectivity index (χ0n) is 11.1. The molecule has 1 atom stereocenters. The molecule has 1 fully saturated rings. The van der Waals surface area contributed by atoms with Crippen LogP contribution < -0.4 is 5.73 Å². The van der Waals surface area contributed by atoms with Crippen LogP contribution in [-0.4, -0.2) is 43.8 Å². The highest BCUT2D eigenvalue weighted by Crippen LogP contribution is 2.15. The van der Waals surface area contributed by atoms with Gasteiger partial charge in [0, 0.05) is 13.1 Å². The molecule has 1 aliphatic heterocycles. The van der Waals surface area contributed by atoms with E-state index in [1.165, 1.54) is 0 Å². The number of amides is 1. The van der Waals surface area contributed by atoms with Gasteiger partial charge >= 0.3 is 0 Å². The second kappa shape index (κ2) is 7.06. The predicted molar refractivity (Wildman–Crippen MR) is 80.5 cm³/mol. The number of rotatable bonds is 2. The summed E-state index contributed by atoms with van der Waals surface area (Å²) in [5.74, 6) is -0.0271. The van der Waals surface area contributed by atoms with Gasteiger partial charge < -0.3 is 10.6 Å². The molecule has 1 heterocycles. The van der Waals surface area contributed by atoms with Crippen LogP contribution in [0.2, 0.25) is 0 Å². The van der Waals surface area contributed by atoms with Gasteiger partial charge in [0.15, 0.2) is 9.84 Å². The van der Waals surface area contributed by atoms with E-state index in [4.69, 9.17) is 5.73 Å². The predicted octanol–water partition coefficient (Wildman–Crippen LogP) is 0.755. The first-order valence-corrected chi connectivity index (χ1v) is 8.11. The standard InChI is InChI=1S/C13H18N2O3S.ClH/c14-12(11-5-2-1-3-6-11)13(16)15-7-4-9-19(17,18)10-8-15;/h1-3,5-6,12H,4,7-10,14H2;1H. The molecule has 0 radical (unpaired) electrons. The molecule has 0 saturated carbocycles. The van der Waals surface area contributed by atoms with Gasteiger partial charge in [-0.15, -0.1) is 12.4 Å². The summed E-state index contributed by atoms with van der Waals surface area (Å²) in [5, 5.41) is 0. The topological polar surface area (TPSA) is 80.5 Å². The van der Waals surface area contributed by atoms with Crippen LogP contribution in [0.25, 0.3) is 0 Å². The highest BCUT2D eigenvalue weighted by atomic mass is 35.5. The summed E-state index contributed by atoms with van der Waals surface area (Å²) >= 11 is 0. The first-order valence-electron chi connectivity index (χ1n) is 6.29. The molecule has 20 heavy (non-hydrogen) atoms. The number of sulfone groups is 1. The van der Waals surface area contributed by atoms with Gasteiger partial charge in [0.25, 0.3) is 0 Å². The monoisotopic (exact) mass is 318 g/mol. The van der Waals surface area contributed by atoms with Crippen LogP contribution in [-0.2, 0) is 14.6 Å². The van der Waals surface area contributed by atoms with E-state index < -0.39 is 15.9 Å². The average molecular weight is 319 g/mol. The molecule has 1 saturated heterocycles. The molecule has 0 aliphatic carbocycles. The van der Waals surface area contributed by atoms with Gasteiger partial charge in [-0.05, 0) is 12.0 Å². The van der Waals surface area contributed by atoms with E-state index in [9.17, 15) is 13.2 Å². The van der Waals surface area contributed by atoms with E-state index in [1.54, 1.807) is 17.0 Å². The van der Waals surface area contributed by atoms with Gasteiger partial charge in [-0.2, -0.15) is 0 Å². The van der Waals surface area contributed by atoms with Crippen LogP contribution in [0.3, 0.4) is 0 Å². The number of benzene rings is 1. The van der Waals surface area contributed by atoms with Gasteiger partial charge in [-0.3, -0.25) is 4.79 Å². The molecule has 1 amide bonds. The molecule has 1 aliphatic rings. The van der Waals surface area contributed by atoms with Crippen molar-refractivity contribution in [3.63, 3.8) is 0 Å². The highest BCUT2D eigenvalue weighted by molar-refractivity contribution is 7.91. The van der Waals surface area contributed by atoms with Crippen molar-refractivity contribution in [2.24, 2.45) is 5.73 Å². The third-order valence-electron chi connectivity index (χ3n) is 3.29. The molecule has 1 aromatic rings. The van der Waals surface area contributed by atoms with Crippen LogP contribution >= 0.6 is 12.4 Å². The largest absolute Gasteiger partial charge is 0.340 e. The Morgan fingerprint density at radius 3 is 2.45 bits per heavy atom. The Morgan fingerprint density at radius 2 is 1.80 bits per heavy atom. The van der Waals surface area contributed by atoms with Crippen molar-refractivity contribution in [3.8, 4) is 0 Å². The SMILES string of the molecule is Cl.NC(C(=O)N1CCCS(=O)(=O)CC1)c1ccccc1. The third kappa shape index (κ3) is 4.19. The zero-order chi connectivity index (χ0) is 13.9. The number of nitrogens with two attached hydrogens (primary N) is 1. The van der Waals surface area contributed by atoms with Gasteiger partial charge in [-0.1, -0.05) is 30.3 Å². The molecule has 2 N–H and O–H groups in total. The lowest BCUT2D eigenvalue weighted by molar-refractivity contribution is -0.132. The van der Waals surface area contributed by atoms with E-state index in [-0.39, 0.29) is 36.4 Å². The lowest BCUT2D eigenvalue weighted by Crippen LogP contribution is -2.40. The lowest BCUT2D eigenvalue weighted by Gasteiger charge is -2.23. The minimum Gasteiger partial charge on any atom is -0.340 e. The van der Waals surface area contributed by atoms with Crippen molar-refractivity contribution >= 4 is 28.2 Å². The molecule has 0 spiro atoms. The van der Waals surface area contributed by atoms with Gasteiger partial charge in [0.05, 0.1) is 11.5 Å². The maximum atomic E-state index is 12.3. The zero-order valence-corrected chi connectivity index (χ0v) is 12.7. The van der Waals surface area contributed by atoms with Crippen molar-refractivity contribution in [2.75, 3.05) is 24.6 Å². The second-order valence-electron chi connectivity index (χ2n) is 4.72. The minimum atomic E-state index is -3.01. The van der Waals surface area contributed by atoms with Crippen LogP contribution in [0, 0.1) is 0 Å². The van der Waals surface area contributed by atoms with Crippen molar-refractivity contribution < 1.29 is 13.2 Å². The van der Waals surface area contributed by atoms with Gasteiger partial charge in [0.1, 0.15) is 6.04 Å². The van der Waals surface area contributed by atoms with Gasteiger partial charge in [-0.25, -0.2) is 8.42 Å². The van der Waals surface area contributed by atoms with E-state index in [2.05, 4.69) is 0 Å². The van der Waals surface area contributed by atoms with E-state index >= 15 is 0 Å². The molecule has 7 heteroatoms. The molecule has 0 aromatic heterocycles. The molecule has 1 unspecified atom stereocenters. The number of nitrogens with zero attached hydrogens (tertiary/aromatic N) is 1. The summed E-state index contributed by atoms with van der Waals surface area (Å²) in [6, 6.07) is 8.40. The van der Waals surface area contributed by atoms with Crippen LogP contribution in [0.5, 0.6) is 0 Å². The average Bonchev–Trinajstić information content (AvgIpc) is 2.59. The molecule has 1 aromatic carbocycles. The van der Waals surface area contributed by atoms with Crippen LogP contribution in [0.1, 0.15) is 18.0 Å². The fourth-order valence-corrected chi connectivity index (χ4v) is 3.43. The van der Waals surface area contributed by atoms with Crippen molar-refractivity contribution in [1.82, 2.24) is 4.90 Å². The molecule has 0 bridgehead atoms. The van der Waals surface area contributed by atoms with Crippen molar-refractivity contribution in [2.45, 2.75) is 12.5 Å². The van der Waals surface area contributed by atoms with E-state index in [0.29, 0.717) is 13.0 Å². The van der Waals surface area contributed by atoms with Crippen LogP contribution in [0.15, 0.2) is 30.3 Å². The van der Waals surface area contributed by atoms with E-state index in [1.807, 2.05) is 18.2 Å². The van der Waals surface area contributed by atoms with Gasteiger partial charge in [0.2, 0.25) is 5.91 Å². The molecule has 5 nitrogen and oxygen atoms in total. The Morgan fingerprint density at radius 1 is 1.15 bits per heavy atom. The summed E-state index contributed by atoms with van der Waals surface area (Å²) in [6.07, 6.45) is 0.482. The first-order chi connectivity index (χ1) is 8.99. The fraction of sp³-hybridized carbons (Fsp3) is 0.462. The quantitative estimate of drug-likeness (QED) is 0.872. The summed E-state index contributed by atoms with van der Waals surface area (Å²) in [4.78, 5) is 13.8. The molecule has 112 valence electrons. The Bertz CT molecular complexity index is 548. The highest BCUT2D eigenvalue weighted by Gasteiger charge is 2.26.